The topological polar surface area (TPSA) is 26.0 Å². The van der Waals surface area contributed by atoms with Crippen molar-refractivity contribution in [2.75, 3.05) is 0 Å². The minimum absolute atomic E-state index is 0.0299. The second-order valence-corrected chi connectivity index (χ2v) is 5.23. The Hall–Kier alpha value is -1.32. The van der Waals surface area contributed by atoms with Crippen molar-refractivity contribution in [2.24, 2.45) is 5.73 Å². The number of benzene rings is 2. The minimum atomic E-state index is -0.211. The zero-order valence-corrected chi connectivity index (χ0v) is 11.1. The summed E-state index contributed by atoms with van der Waals surface area (Å²) in [6.45, 7) is 2.06. The average molecular weight is 261 g/mol. The maximum atomic E-state index is 13.2. The highest BCUT2D eigenvalue weighted by Gasteiger charge is 2.10. The van der Waals surface area contributed by atoms with Gasteiger partial charge in [-0.3, -0.25) is 0 Å². The van der Waals surface area contributed by atoms with E-state index in [-0.39, 0.29) is 11.9 Å². The minimum Gasteiger partial charge on any atom is -0.324 e. The Kier molecular flexibility index (Phi) is 4.39. The van der Waals surface area contributed by atoms with Gasteiger partial charge in [-0.2, -0.15) is 0 Å². The lowest BCUT2D eigenvalue weighted by atomic mass is 10.1. The summed E-state index contributed by atoms with van der Waals surface area (Å²) < 4.78 is 13.2. The number of nitrogens with two attached hydrogens (primary N) is 1. The highest BCUT2D eigenvalue weighted by Crippen LogP contribution is 2.33. The van der Waals surface area contributed by atoms with Crippen molar-refractivity contribution < 1.29 is 4.39 Å². The summed E-state index contributed by atoms with van der Waals surface area (Å²) in [7, 11) is 0. The van der Waals surface area contributed by atoms with Gasteiger partial charge in [0.25, 0.3) is 0 Å². The smallest absolute Gasteiger partial charge is 0.124 e. The lowest BCUT2D eigenvalue weighted by molar-refractivity contribution is 0.624. The van der Waals surface area contributed by atoms with Gasteiger partial charge in [-0.1, -0.05) is 43.0 Å². The van der Waals surface area contributed by atoms with Crippen LogP contribution < -0.4 is 5.73 Å². The largest absolute Gasteiger partial charge is 0.324 e. The van der Waals surface area contributed by atoms with Crippen molar-refractivity contribution in [2.45, 2.75) is 29.2 Å². The fourth-order valence-corrected chi connectivity index (χ4v) is 2.81. The molecule has 0 aromatic heterocycles. The summed E-state index contributed by atoms with van der Waals surface area (Å²) >= 11 is 1.55. The zero-order valence-electron chi connectivity index (χ0n) is 10.3. The summed E-state index contributed by atoms with van der Waals surface area (Å²) in [6, 6.07) is 14.7. The molecule has 2 N–H and O–H groups in total. The van der Waals surface area contributed by atoms with Crippen molar-refractivity contribution in [3.8, 4) is 0 Å². The van der Waals surface area contributed by atoms with E-state index in [9.17, 15) is 4.39 Å². The molecule has 0 spiro atoms. The first-order valence-electron chi connectivity index (χ1n) is 5.98. The molecule has 0 radical (unpaired) electrons. The van der Waals surface area contributed by atoms with E-state index in [0.717, 1.165) is 21.8 Å². The zero-order chi connectivity index (χ0) is 13.0. The maximum Gasteiger partial charge on any atom is 0.124 e. The third-order valence-electron chi connectivity index (χ3n) is 2.78. The maximum absolute atomic E-state index is 13.2. The van der Waals surface area contributed by atoms with Gasteiger partial charge in [0, 0.05) is 15.8 Å². The van der Waals surface area contributed by atoms with Crippen LogP contribution in [0.4, 0.5) is 4.39 Å². The molecule has 1 atom stereocenters. The van der Waals surface area contributed by atoms with E-state index in [1.807, 2.05) is 30.3 Å². The van der Waals surface area contributed by atoms with E-state index in [0.29, 0.717) is 0 Å². The fraction of sp³-hybridized carbons (Fsp3) is 0.200. The molecule has 2 rings (SSSR count). The quantitative estimate of drug-likeness (QED) is 0.883. The summed E-state index contributed by atoms with van der Waals surface area (Å²) in [5, 5.41) is 0. The van der Waals surface area contributed by atoms with Crippen LogP contribution in [0.2, 0.25) is 0 Å². The monoisotopic (exact) mass is 261 g/mol. The van der Waals surface area contributed by atoms with E-state index in [1.54, 1.807) is 23.9 Å². The molecule has 0 aliphatic heterocycles. The molecule has 18 heavy (non-hydrogen) atoms. The van der Waals surface area contributed by atoms with E-state index in [2.05, 4.69) is 6.92 Å². The third-order valence-corrected chi connectivity index (χ3v) is 3.86. The first-order valence-corrected chi connectivity index (χ1v) is 6.80. The molecular weight excluding hydrogens is 245 g/mol. The van der Waals surface area contributed by atoms with E-state index in [4.69, 9.17) is 5.73 Å². The summed E-state index contributed by atoms with van der Waals surface area (Å²) in [6.07, 6.45) is 0.890. The van der Waals surface area contributed by atoms with Crippen molar-refractivity contribution in [1.82, 2.24) is 0 Å². The van der Waals surface area contributed by atoms with E-state index in [1.165, 1.54) is 6.07 Å². The Balaban J connectivity index is 2.29. The molecule has 0 saturated carbocycles. The molecule has 0 unspecified atom stereocenters. The molecule has 94 valence electrons. The van der Waals surface area contributed by atoms with Crippen molar-refractivity contribution in [1.29, 1.82) is 0 Å². The van der Waals surface area contributed by atoms with Crippen LogP contribution in [0.1, 0.15) is 24.9 Å². The van der Waals surface area contributed by atoms with Gasteiger partial charge in [0.2, 0.25) is 0 Å². The number of hydrogen-bond donors (Lipinski definition) is 1. The Morgan fingerprint density at radius 3 is 2.67 bits per heavy atom. The number of rotatable bonds is 4. The molecule has 0 amide bonds. The van der Waals surface area contributed by atoms with Crippen molar-refractivity contribution in [3.05, 3.63) is 59.9 Å². The summed E-state index contributed by atoms with van der Waals surface area (Å²) in [4.78, 5) is 1.99. The van der Waals surface area contributed by atoms with Crippen LogP contribution in [0.15, 0.2) is 58.3 Å². The Morgan fingerprint density at radius 1 is 1.17 bits per heavy atom. The van der Waals surface area contributed by atoms with Crippen LogP contribution in [0.5, 0.6) is 0 Å². The number of halogens is 1. The van der Waals surface area contributed by atoms with Gasteiger partial charge in [0.15, 0.2) is 0 Å². The first kappa shape index (κ1) is 13.1. The van der Waals surface area contributed by atoms with Crippen LogP contribution in [-0.4, -0.2) is 0 Å². The second-order valence-electron chi connectivity index (χ2n) is 4.11. The van der Waals surface area contributed by atoms with Crippen molar-refractivity contribution >= 4 is 11.8 Å². The molecule has 1 nitrogen and oxygen atoms in total. The Bertz CT molecular complexity index is 527. The fourth-order valence-electron chi connectivity index (χ4n) is 1.76. The van der Waals surface area contributed by atoms with Crippen LogP contribution in [-0.2, 0) is 0 Å². The Labute approximate surface area is 111 Å². The predicted octanol–water partition coefficient (Wildman–Crippen LogP) is 4.39. The summed E-state index contributed by atoms with van der Waals surface area (Å²) in [5.41, 5.74) is 7.21. The standard InChI is InChI=1S/C15H16FNS/c1-2-14(17)13-8-3-4-9-15(13)18-12-7-5-6-11(16)10-12/h3-10,14H,2,17H2,1H3/t14-/m0/s1. The predicted molar refractivity (Wildman–Crippen MR) is 74.2 cm³/mol. The molecule has 0 heterocycles. The van der Waals surface area contributed by atoms with Gasteiger partial charge in [0.05, 0.1) is 0 Å². The molecule has 2 aromatic rings. The van der Waals surface area contributed by atoms with Crippen molar-refractivity contribution in [3.63, 3.8) is 0 Å². The molecule has 0 aliphatic carbocycles. The van der Waals surface area contributed by atoms with E-state index >= 15 is 0 Å². The highest BCUT2D eigenvalue weighted by molar-refractivity contribution is 7.99. The van der Waals surface area contributed by atoms with Gasteiger partial charge in [-0.15, -0.1) is 0 Å². The van der Waals surface area contributed by atoms with Gasteiger partial charge in [0.1, 0.15) is 5.82 Å². The SMILES string of the molecule is CC[C@H](N)c1ccccc1Sc1cccc(F)c1. The molecular formula is C15H16FNS. The number of hydrogen-bond acceptors (Lipinski definition) is 2. The van der Waals surface area contributed by atoms with E-state index < -0.39 is 0 Å². The van der Waals surface area contributed by atoms with Crippen LogP contribution >= 0.6 is 11.8 Å². The molecule has 0 fully saturated rings. The molecule has 0 aliphatic rings. The molecule has 2 aromatic carbocycles. The average Bonchev–Trinajstić information content (AvgIpc) is 2.38. The lowest BCUT2D eigenvalue weighted by Gasteiger charge is -2.14. The van der Waals surface area contributed by atoms with Crippen LogP contribution in [0, 0.1) is 5.82 Å². The van der Waals surface area contributed by atoms with Gasteiger partial charge >= 0.3 is 0 Å². The third kappa shape index (κ3) is 3.12. The lowest BCUT2D eigenvalue weighted by Crippen LogP contribution is -2.09. The van der Waals surface area contributed by atoms with Gasteiger partial charge in [-0.25, -0.2) is 4.39 Å². The van der Waals surface area contributed by atoms with Gasteiger partial charge in [-0.05, 0) is 36.2 Å². The Morgan fingerprint density at radius 2 is 1.94 bits per heavy atom. The summed E-state index contributed by atoms with van der Waals surface area (Å²) in [5.74, 6) is -0.211. The van der Waals surface area contributed by atoms with Crippen LogP contribution in [0.25, 0.3) is 0 Å². The highest BCUT2D eigenvalue weighted by atomic mass is 32.2. The molecule has 0 bridgehead atoms. The normalized spacial score (nSPS) is 12.4. The van der Waals surface area contributed by atoms with Gasteiger partial charge < -0.3 is 5.73 Å². The second kappa shape index (κ2) is 6.03. The van der Waals surface area contributed by atoms with Crippen LogP contribution in [0.3, 0.4) is 0 Å². The molecule has 0 saturated heterocycles. The first-order chi connectivity index (χ1) is 8.70. The molecule has 3 heteroatoms.